The van der Waals surface area contributed by atoms with Crippen LogP contribution in [-0.4, -0.2) is 29.7 Å². The molecule has 0 saturated carbocycles. The molecule has 1 aromatic heterocycles. The number of amides is 1. The first-order valence-corrected chi connectivity index (χ1v) is 5.20. The molecule has 1 aliphatic rings. The van der Waals surface area contributed by atoms with Crippen LogP contribution in [0.3, 0.4) is 0 Å². The molecule has 1 fully saturated rings. The molecule has 1 aromatic rings. The van der Waals surface area contributed by atoms with E-state index < -0.39 is 0 Å². The standard InChI is InChI=1S/C10H15N3O2/c1-7-6-8(2-4-11-7)12-10(14)9-3-5-15-13-9/h3,5,7-8,11H,2,4,6H2,1H3,(H,12,14). The Balaban J connectivity index is 1.89. The van der Waals surface area contributed by atoms with Crippen LogP contribution >= 0.6 is 0 Å². The van der Waals surface area contributed by atoms with Crippen molar-refractivity contribution in [3.05, 3.63) is 18.0 Å². The Morgan fingerprint density at radius 1 is 1.73 bits per heavy atom. The summed E-state index contributed by atoms with van der Waals surface area (Å²) in [6.45, 7) is 3.07. The molecule has 1 saturated heterocycles. The molecule has 0 spiro atoms. The number of carbonyl (C=O) groups is 1. The van der Waals surface area contributed by atoms with Gasteiger partial charge in [0, 0.05) is 18.2 Å². The minimum Gasteiger partial charge on any atom is -0.364 e. The molecule has 82 valence electrons. The first-order chi connectivity index (χ1) is 7.25. The molecular weight excluding hydrogens is 194 g/mol. The van der Waals surface area contributed by atoms with Crippen LogP contribution in [0.15, 0.2) is 16.9 Å². The van der Waals surface area contributed by atoms with Crippen molar-refractivity contribution in [1.82, 2.24) is 15.8 Å². The maximum atomic E-state index is 11.6. The summed E-state index contributed by atoms with van der Waals surface area (Å²) in [4.78, 5) is 11.6. The maximum Gasteiger partial charge on any atom is 0.273 e. The van der Waals surface area contributed by atoms with Gasteiger partial charge in [-0.15, -0.1) is 0 Å². The first-order valence-electron chi connectivity index (χ1n) is 5.20. The van der Waals surface area contributed by atoms with Gasteiger partial charge >= 0.3 is 0 Å². The summed E-state index contributed by atoms with van der Waals surface area (Å²) in [5.74, 6) is -0.150. The monoisotopic (exact) mass is 209 g/mol. The highest BCUT2D eigenvalue weighted by molar-refractivity contribution is 5.92. The van der Waals surface area contributed by atoms with Crippen LogP contribution in [0.25, 0.3) is 0 Å². The van der Waals surface area contributed by atoms with Crippen LogP contribution in [0.4, 0.5) is 0 Å². The van der Waals surface area contributed by atoms with E-state index in [1.165, 1.54) is 6.26 Å². The van der Waals surface area contributed by atoms with Gasteiger partial charge in [0.2, 0.25) is 0 Å². The fourth-order valence-corrected chi connectivity index (χ4v) is 1.85. The van der Waals surface area contributed by atoms with Crippen molar-refractivity contribution in [1.29, 1.82) is 0 Å². The minimum atomic E-state index is -0.150. The molecule has 15 heavy (non-hydrogen) atoms. The average molecular weight is 209 g/mol. The minimum absolute atomic E-state index is 0.150. The second kappa shape index (κ2) is 4.44. The highest BCUT2D eigenvalue weighted by Gasteiger charge is 2.21. The molecule has 2 atom stereocenters. The number of nitrogens with zero attached hydrogens (tertiary/aromatic N) is 1. The molecule has 2 N–H and O–H groups in total. The zero-order valence-corrected chi connectivity index (χ0v) is 8.69. The van der Waals surface area contributed by atoms with Crippen LogP contribution in [0.1, 0.15) is 30.3 Å². The Bertz CT molecular complexity index is 323. The number of carbonyl (C=O) groups excluding carboxylic acids is 1. The smallest absolute Gasteiger partial charge is 0.273 e. The summed E-state index contributed by atoms with van der Waals surface area (Å²) in [6, 6.07) is 2.27. The molecule has 0 radical (unpaired) electrons. The fourth-order valence-electron chi connectivity index (χ4n) is 1.85. The third-order valence-corrected chi connectivity index (χ3v) is 2.63. The maximum absolute atomic E-state index is 11.6. The lowest BCUT2D eigenvalue weighted by Crippen LogP contribution is -2.46. The van der Waals surface area contributed by atoms with Crippen molar-refractivity contribution in [3.8, 4) is 0 Å². The van der Waals surface area contributed by atoms with Crippen molar-refractivity contribution < 1.29 is 9.32 Å². The van der Waals surface area contributed by atoms with Crippen molar-refractivity contribution >= 4 is 5.91 Å². The van der Waals surface area contributed by atoms with Crippen molar-refractivity contribution in [2.24, 2.45) is 0 Å². The summed E-state index contributed by atoms with van der Waals surface area (Å²) in [7, 11) is 0. The third-order valence-electron chi connectivity index (χ3n) is 2.63. The zero-order chi connectivity index (χ0) is 10.7. The lowest BCUT2D eigenvalue weighted by molar-refractivity contribution is 0.0916. The van der Waals surface area contributed by atoms with Gasteiger partial charge in [0.05, 0.1) is 0 Å². The van der Waals surface area contributed by atoms with E-state index in [2.05, 4.69) is 27.2 Å². The molecule has 2 rings (SSSR count). The van der Waals surface area contributed by atoms with E-state index in [4.69, 9.17) is 0 Å². The molecule has 5 heteroatoms. The SMILES string of the molecule is CC1CC(NC(=O)c2ccon2)CCN1. The Morgan fingerprint density at radius 3 is 3.27 bits per heavy atom. The quantitative estimate of drug-likeness (QED) is 0.746. The lowest BCUT2D eigenvalue weighted by Gasteiger charge is -2.28. The molecule has 2 heterocycles. The Labute approximate surface area is 88.2 Å². The van der Waals surface area contributed by atoms with E-state index in [1.54, 1.807) is 6.07 Å². The van der Waals surface area contributed by atoms with E-state index in [-0.39, 0.29) is 11.9 Å². The number of nitrogens with one attached hydrogen (secondary N) is 2. The van der Waals surface area contributed by atoms with Crippen molar-refractivity contribution in [2.75, 3.05) is 6.54 Å². The van der Waals surface area contributed by atoms with Crippen LogP contribution in [0, 0.1) is 0 Å². The number of hydrogen-bond donors (Lipinski definition) is 2. The Kier molecular flexibility index (Phi) is 3.01. The summed E-state index contributed by atoms with van der Waals surface area (Å²) in [5.41, 5.74) is 0.348. The van der Waals surface area contributed by atoms with E-state index in [9.17, 15) is 4.79 Å². The molecule has 0 aliphatic carbocycles. The third kappa shape index (κ3) is 2.56. The summed E-state index contributed by atoms with van der Waals surface area (Å²) < 4.78 is 4.62. The number of aromatic nitrogens is 1. The van der Waals surface area contributed by atoms with Gasteiger partial charge in [-0.1, -0.05) is 5.16 Å². The molecular formula is C10H15N3O2. The summed E-state index contributed by atoms with van der Waals surface area (Å²) in [6.07, 6.45) is 3.33. The molecule has 2 unspecified atom stereocenters. The normalized spacial score (nSPS) is 26.2. The largest absolute Gasteiger partial charge is 0.364 e. The average Bonchev–Trinajstić information content (AvgIpc) is 2.70. The lowest BCUT2D eigenvalue weighted by atomic mass is 10.0. The van der Waals surface area contributed by atoms with Crippen molar-refractivity contribution in [2.45, 2.75) is 31.8 Å². The summed E-state index contributed by atoms with van der Waals surface area (Å²) in [5, 5.41) is 9.88. The van der Waals surface area contributed by atoms with Gasteiger partial charge in [-0.05, 0) is 26.3 Å². The first kappa shape index (κ1) is 10.2. The highest BCUT2D eigenvalue weighted by atomic mass is 16.5. The van der Waals surface area contributed by atoms with E-state index in [0.29, 0.717) is 11.7 Å². The summed E-state index contributed by atoms with van der Waals surface area (Å²) >= 11 is 0. The number of rotatable bonds is 2. The van der Waals surface area contributed by atoms with E-state index in [1.807, 2.05) is 0 Å². The molecule has 5 nitrogen and oxygen atoms in total. The second-order valence-electron chi connectivity index (χ2n) is 3.93. The molecule has 0 bridgehead atoms. The number of piperidine rings is 1. The number of hydrogen-bond acceptors (Lipinski definition) is 4. The van der Waals surface area contributed by atoms with Gasteiger partial charge < -0.3 is 15.2 Å². The van der Waals surface area contributed by atoms with Gasteiger partial charge in [0.25, 0.3) is 5.91 Å². The van der Waals surface area contributed by atoms with Gasteiger partial charge in [0.1, 0.15) is 6.26 Å². The van der Waals surface area contributed by atoms with Crippen molar-refractivity contribution in [3.63, 3.8) is 0 Å². The fraction of sp³-hybridized carbons (Fsp3) is 0.600. The second-order valence-corrected chi connectivity index (χ2v) is 3.93. The van der Waals surface area contributed by atoms with Gasteiger partial charge in [-0.25, -0.2) is 0 Å². The van der Waals surface area contributed by atoms with Crippen LogP contribution in [-0.2, 0) is 0 Å². The Morgan fingerprint density at radius 2 is 2.60 bits per heavy atom. The van der Waals surface area contributed by atoms with E-state index >= 15 is 0 Å². The molecule has 1 aliphatic heterocycles. The van der Waals surface area contributed by atoms with E-state index in [0.717, 1.165) is 19.4 Å². The van der Waals surface area contributed by atoms with Gasteiger partial charge in [-0.2, -0.15) is 0 Å². The van der Waals surface area contributed by atoms with Gasteiger partial charge in [-0.3, -0.25) is 4.79 Å². The molecule has 1 amide bonds. The van der Waals surface area contributed by atoms with Crippen LogP contribution in [0.2, 0.25) is 0 Å². The molecule has 0 aromatic carbocycles. The predicted molar refractivity (Wildman–Crippen MR) is 54.5 cm³/mol. The highest BCUT2D eigenvalue weighted by Crippen LogP contribution is 2.08. The Hall–Kier alpha value is -1.36. The van der Waals surface area contributed by atoms with Gasteiger partial charge in [0.15, 0.2) is 5.69 Å². The topological polar surface area (TPSA) is 67.2 Å². The zero-order valence-electron chi connectivity index (χ0n) is 8.69. The van der Waals surface area contributed by atoms with Crippen LogP contribution < -0.4 is 10.6 Å². The predicted octanol–water partition coefficient (Wildman–Crippen LogP) is 0.545. The van der Waals surface area contributed by atoms with Crippen LogP contribution in [0.5, 0.6) is 0 Å².